The van der Waals surface area contributed by atoms with Crippen molar-refractivity contribution >= 4 is 89.5 Å². The van der Waals surface area contributed by atoms with Gasteiger partial charge in [0.1, 0.15) is 5.69 Å². The highest BCUT2D eigenvalue weighted by molar-refractivity contribution is 7.91. The molecule has 0 saturated heterocycles. The molecule has 0 aliphatic rings. The number of aromatic carboxylic acids is 1. The van der Waals surface area contributed by atoms with Gasteiger partial charge in [0.15, 0.2) is 36.5 Å². The fraction of sp³-hybridized carbons (Fsp3) is 0.286. The van der Waals surface area contributed by atoms with Crippen molar-refractivity contribution in [2.45, 2.75) is 57.0 Å². The summed E-state index contributed by atoms with van der Waals surface area (Å²) in [5.41, 5.74) is 4.49. The van der Waals surface area contributed by atoms with Crippen LogP contribution < -0.4 is 15.3 Å². The Hall–Kier alpha value is -5.73. The van der Waals surface area contributed by atoms with Crippen molar-refractivity contribution < 1.29 is 46.3 Å². The fourth-order valence-corrected chi connectivity index (χ4v) is 6.87. The van der Waals surface area contributed by atoms with Crippen molar-refractivity contribution in [3.63, 3.8) is 0 Å². The predicted octanol–water partition coefficient (Wildman–Crippen LogP) is 5.56. The van der Waals surface area contributed by atoms with Gasteiger partial charge < -0.3 is 29.7 Å². The maximum Gasteiger partial charge on any atom is 0.488 e. The van der Waals surface area contributed by atoms with Crippen molar-refractivity contribution in [3.05, 3.63) is 101 Å². The number of benzene rings is 4. The van der Waals surface area contributed by atoms with E-state index in [2.05, 4.69) is 15.0 Å². The van der Waals surface area contributed by atoms with Gasteiger partial charge in [0.05, 0.1) is 50.1 Å². The highest BCUT2D eigenvalue weighted by Crippen LogP contribution is 2.31. The van der Waals surface area contributed by atoms with E-state index >= 15 is 0 Å². The lowest BCUT2D eigenvalue weighted by Gasteiger charge is -2.25. The number of ether oxygens (including phenoxy) is 1. The topological polar surface area (TPSA) is 230 Å². The van der Waals surface area contributed by atoms with Crippen molar-refractivity contribution in [2.75, 3.05) is 43.5 Å². The van der Waals surface area contributed by atoms with Gasteiger partial charge in [-0.3, -0.25) is 0 Å². The molecule has 62 heavy (non-hydrogen) atoms. The Balaban J connectivity index is 0.000000264. The zero-order chi connectivity index (χ0) is 45.6. The number of rotatable bonds is 10. The smallest absolute Gasteiger partial charge is 0.478 e. The second kappa shape index (κ2) is 20.9. The van der Waals surface area contributed by atoms with Crippen LogP contribution in [0.3, 0.4) is 0 Å². The third-order valence-corrected chi connectivity index (χ3v) is 11.8. The molecule has 0 unspecified atom stereocenters. The van der Waals surface area contributed by atoms with Gasteiger partial charge in [0.2, 0.25) is 0 Å². The number of hydrogen-bond donors (Lipinski definition) is 3. The molecule has 0 bridgehead atoms. The molecule has 2 aromatic heterocycles. The first-order valence-corrected chi connectivity index (χ1v) is 22.6. The Bertz CT molecular complexity index is 2780. The number of esters is 1. The van der Waals surface area contributed by atoms with E-state index in [0.717, 1.165) is 18.1 Å². The van der Waals surface area contributed by atoms with E-state index in [1.807, 2.05) is 51.6 Å². The number of halogens is 1. The van der Waals surface area contributed by atoms with Crippen molar-refractivity contribution in [3.8, 4) is 11.3 Å². The summed E-state index contributed by atoms with van der Waals surface area (Å²) in [6.45, 7) is 8.09. The monoisotopic (exact) mass is 908 g/mol. The van der Waals surface area contributed by atoms with Gasteiger partial charge in [-0.15, -0.1) is 0 Å². The van der Waals surface area contributed by atoms with Crippen molar-refractivity contribution in [2.24, 2.45) is 0 Å². The molecule has 0 saturated carbocycles. The number of nitrogens with zero attached hydrogens (tertiary/aromatic N) is 6. The number of anilines is 2. The van der Waals surface area contributed by atoms with Crippen LogP contribution in [0.15, 0.2) is 94.7 Å². The lowest BCUT2D eigenvalue weighted by Crippen LogP contribution is -2.29. The van der Waals surface area contributed by atoms with E-state index in [1.165, 1.54) is 43.5 Å². The number of sulfone groups is 2. The number of aromatic nitrogens is 4. The standard InChI is InChI=1S/C20H21N3O4S.C14H16ClN3O2.C7H9BO4S.CH4/c1-12(2)23(3)19-18(13-5-8-15(9-6-13)28(4,26)27)21-16-10-7-14(20(24)25)11-17(16)22-19;1-8(2)18(3)13-12(15)16-10-6-5-9(14(19)20-4)7-11(10)17-13;1-13(11,12)7-4-2-6(3-5-7)8(9)10;/h5-12H,1-4H3,(H,24,25);5-8H,1-4H3;2-5,9-10H,1H3;1H4. The molecule has 6 rings (SSSR count). The summed E-state index contributed by atoms with van der Waals surface area (Å²) in [7, 11) is -2.93. The van der Waals surface area contributed by atoms with E-state index < -0.39 is 38.7 Å². The van der Waals surface area contributed by atoms with Crippen molar-refractivity contribution in [1.29, 1.82) is 0 Å². The molecular weight excluding hydrogens is 859 g/mol. The number of carboxylic acids is 1. The number of carbonyl (C=O) groups excluding carboxylic acids is 1. The second-order valence-electron chi connectivity index (χ2n) is 14.4. The van der Waals surface area contributed by atoms with E-state index in [0.29, 0.717) is 50.1 Å². The maximum absolute atomic E-state index is 11.7. The van der Waals surface area contributed by atoms with E-state index in [1.54, 1.807) is 48.5 Å². The lowest BCUT2D eigenvalue weighted by molar-refractivity contribution is 0.0600. The average Bonchev–Trinajstić information content (AvgIpc) is 3.21. The first-order valence-electron chi connectivity index (χ1n) is 18.5. The van der Waals surface area contributed by atoms with Gasteiger partial charge in [-0.25, -0.2) is 46.4 Å². The highest BCUT2D eigenvalue weighted by atomic mass is 35.5. The Morgan fingerprint density at radius 1 is 0.661 bits per heavy atom. The zero-order valence-corrected chi connectivity index (χ0v) is 37.3. The van der Waals surface area contributed by atoms with Gasteiger partial charge >= 0.3 is 19.1 Å². The van der Waals surface area contributed by atoms with Crippen LogP contribution in [-0.2, 0) is 24.4 Å². The molecule has 2 heterocycles. The first-order chi connectivity index (χ1) is 28.4. The Labute approximate surface area is 367 Å². The molecule has 0 fully saturated rings. The zero-order valence-electron chi connectivity index (χ0n) is 34.9. The molecule has 330 valence electrons. The third kappa shape index (κ3) is 12.7. The van der Waals surface area contributed by atoms with Crippen LogP contribution in [0.2, 0.25) is 5.15 Å². The van der Waals surface area contributed by atoms with Crippen LogP contribution in [0.25, 0.3) is 33.3 Å². The molecule has 4 aromatic carbocycles. The SMILES string of the molecule is C.CC(C)N(C)c1nc2cc(C(=O)O)ccc2nc1-c1ccc(S(C)(=O)=O)cc1.COC(=O)c1ccc2nc(Cl)c(N(C)C(C)C)nc2c1.CS(=O)(=O)c1ccc(B(O)O)cc1. The molecular formula is C42H50BClN6O10S2. The van der Waals surface area contributed by atoms with Crippen molar-refractivity contribution in [1.82, 2.24) is 19.9 Å². The molecule has 0 aliphatic heterocycles. The molecule has 16 nitrogen and oxygen atoms in total. The number of carboxylic acid groups (broad SMARTS) is 1. The van der Waals surface area contributed by atoms with Crippen LogP contribution in [0.5, 0.6) is 0 Å². The number of hydrogen-bond acceptors (Lipinski definition) is 15. The summed E-state index contributed by atoms with van der Waals surface area (Å²) >= 11 is 6.16. The first kappa shape index (κ1) is 50.6. The summed E-state index contributed by atoms with van der Waals surface area (Å²) in [4.78, 5) is 45.3. The molecule has 0 spiro atoms. The van der Waals surface area contributed by atoms with E-state index in [-0.39, 0.29) is 40.3 Å². The maximum atomic E-state index is 11.7. The summed E-state index contributed by atoms with van der Waals surface area (Å²) in [6, 6.07) is 21.9. The molecule has 0 amide bonds. The molecule has 3 N–H and O–H groups in total. The Kier molecular flexibility index (Phi) is 17.1. The number of carbonyl (C=O) groups is 2. The van der Waals surface area contributed by atoms with Crippen LogP contribution in [0, 0.1) is 0 Å². The molecule has 0 radical (unpaired) electrons. The van der Waals surface area contributed by atoms with Crippen LogP contribution in [0.4, 0.5) is 11.6 Å². The van der Waals surface area contributed by atoms with Gasteiger partial charge in [-0.05, 0) is 93.8 Å². The lowest BCUT2D eigenvalue weighted by atomic mass is 9.81. The normalized spacial score (nSPS) is 11.2. The summed E-state index contributed by atoms with van der Waals surface area (Å²) < 4.78 is 50.1. The minimum Gasteiger partial charge on any atom is -0.478 e. The summed E-state index contributed by atoms with van der Waals surface area (Å²) in [5.74, 6) is -0.237. The third-order valence-electron chi connectivity index (χ3n) is 9.30. The van der Waals surface area contributed by atoms with Gasteiger partial charge in [-0.1, -0.05) is 43.3 Å². The van der Waals surface area contributed by atoms with Gasteiger partial charge in [0.25, 0.3) is 0 Å². The molecule has 0 atom stereocenters. The minimum atomic E-state index is -3.29. The van der Waals surface area contributed by atoms with Gasteiger partial charge in [-0.2, -0.15) is 0 Å². The molecule has 0 aliphatic carbocycles. The quantitative estimate of drug-likeness (QED) is 0.113. The van der Waals surface area contributed by atoms with Gasteiger partial charge in [0, 0.05) is 44.3 Å². The molecule has 20 heteroatoms. The Morgan fingerprint density at radius 2 is 1.10 bits per heavy atom. The molecule has 6 aromatic rings. The fourth-order valence-electron chi connectivity index (χ4n) is 5.35. The minimum absolute atomic E-state index is 0. The summed E-state index contributed by atoms with van der Waals surface area (Å²) in [5, 5.41) is 27.0. The second-order valence-corrected chi connectivity index (χ2v) is 18.7. The largest absolute Gasteiger partial charge is 0.488 e. The number of fused-ring (bicyclic) bond motifs is 2. The van der Waals surface area contributed by atoms with Crippen LogP contribution >= 0.6 is 11.6 Å². The van der Waals surface area contributed by atoms with E-state index in [4.69, 9.17) is 31.4 Å². The average molecular weight is 909 g/mol. The number of methoxy groups -OCH3 is 1. The predicted molar refractivity (Wildman–Crippen MR) is 244 cm³/mol. The highest BCUT2D eigenvalue weighted by Gasteiger charge is 2.19. The van der Waals surface area contributed by atoms with E-state index in [9.17, 15) is 31.5 Å². The van der Waals surface area contributed by atoms with Crippen LogP contribution in [-0.4, -0.2) is 117 Å². The summed E-state index contributed by atoms with van der Waals surface area (Å²) in [6.07, 6.45) is 2.26. The van der Waals surface area contributed by atoms with Crippen LogP contribution in [0.1, 0.15) is 55.8 Å². The Morgan fingerprint density at radius 3 is 1.55 bits per heavy atom.